The molecule has 0 radical (unpaired) electrons. The third-order valence-electron chi connectivity index (χ3n) is 4.82. The van der Waals surface area contributed by atoms with Crippen LogP contribution in [-0.4, -0.2) is 38.7 Å². The van der Waals surface area contributed by atoms with E-state index in [1.807, 2.05) is 24.3 Å². The Hall–Kier alpha value is -1.37. The van der Waals surface area contributed by atoms with Crippen LogP contribution in [0, 0.1) is 5.92 Å². The van der Waals surface area contributed by atoms with E-state index in [1.165, 1.54) is 4.88 Å². The predicted molar refractivity (Wildman–Crippen MR) is 103 cm³/mol. The summed E-state index contributed by atoms with van der Waals surface area (Å²) in [7, 11) is -1.57. The van der Waals surface area contributed by atoms with Crippen LogP contribution in [0.5, 0.6) is 5.75 Å². The van der Waals surface area contributed by atoms with E-state index in [0.717, 1.165) is 30.6 Å². The van der Waals surface area contributed by atoms with Crippen LogP contribution < -0.4 is 4.74 Å². The van der Waals surface area contributed by atoms with Gasteiger partial charge in [-0.05, 0) is 60.7 Å². The fourth-order valence-corrected chi connectivity index (χ4v) is 5.65. The highest BCUT2D eigenvalue weighted by atomic mass is 32.2. The number of benzene rings is 1. The maximum absolute atomic E-state index is 12.6. The summed E-state index contributed by atoms with van der Waals surface area (Å²) in [5.41, 5.74) is 0.996. The zero-order valence-electron chi connectivity index (χ0n) is 14.6. The van der Waals surface area contributed by atoms with Crippen molar-refractivity contribution in [1.82, 2.24) is 4.31 Å². The number of aryl methyl sites for hydroxylation is 1. The molecule has 0 spiro atoms. The van der Waals surface area contributed by atoms with Crippen LogP contribution in [0.4, 0.5) is 0 Å². The van der Waals surface area contributed by atoms with Gasteiger partial charge in [0.15, 0.2) is 0 Å². The number of hydrogen-bond acceptors (Lipinski definition) is 4. The number of thiophene rings is 1. The summed E-state index contributed by atoms with van der Waals surface area (Å²) in [5, 5.41) is 2.10. The summed E-state index contributed by atoms with van der Waals surface area (Å²) in [6.07, 6.45) is 3.51. The molecule has 2 aromatic rings. The van der Waals surface area contributed by atoms with Crippen molar-refractivity contribution < 1.29 is 13.2 Å². The van der Waals surface area contributed by atoms with Crippen LogP contribution in [0.3, 0.4) is 0 Å². The van der Waals surface area contributed by atoms with E-state index in [0.29, 0.717) is 25.4 Å². The second-order valence-electron chi connectivity index (χ2n) is 6.54. The molecule has 0 aliphatic carbocycles. The van der Waals surface area contributed by atoms with Crippen LogP contribution >= 0.6 is 11.3 Å². The van der Waals surface area contributed by atoms with Crippen molar-refractivity contribution in [2.24, 2.45) is 5.92 Å². The molecule has 0 saturated carbocycles. The smallest absolute Gasteiger partial charge is 0.214 e. The minimum Gasteiger partial charge on any atom is -0.497 e. The van der Waals surface area contributed by atoms with E-state index < -0.39 is 10.0 Å². The number of nitrogens with zero attached hydrogens (tertiary/aromatic N) is 1. The van der Waals surface area contributed by atoms with Crippen molar-refractivity contribution in [1.29, 1.82) is 0 Å². The largest absolute Gasteiger partial charge is 0.497 e. The number of methoxy groups -OCH3 is 1. The molecule has 1 fully saturated rings. The fraction of sp³-hybridized carbons (Fsp3) is 0.474. The second kappa shape index (κ2) is 8.34. The molecule has 25 heavy (non-hydrogen) atoms. The molecule has 1 saturated heterocycles. The van der Waals surface area contributed by atoms with Crippen molar-refractivity contribution in [3.63, 3.8) is 0 Å². The molecule has 4 nitrogen and oxygen atoms in total. The highest BCUT2D eigenvalue weighted by Gasteiger charge is 2.27. The molecule has 3 rings (SSSR count). The first-order valence-corrected chi connectivity index (χ1v) is 11.2. The lowest BCUT2D eigenvalue weighted by Gasteiger charge is -2.31. The maximum Gasteiger partial charge on any atom is 0.214 e. The Morgan fingerprint density at radius 3 is 2.68 bits per heavy atom. The van der Waals surface area contributed by atoms with Crippen molar-refractivity contribution in [3.05, 3.63) is 52.2 Å². The summed E-state index contributed by atoms with van der Waals surface area (Å²) < 4.78 is 32.1. The third kappa shape index (κ3) is 5.06. The van der Waals surface area contributed by atoms with Crippen LogP contribution in [0.25, 0.3) is 0 Å². The van der Waals surface area contributed by atoms with E-state index in [2.05, 4.69) is 17.5 Å². The lowest BCUT2D eigenvalue weighted by atomic mass is 9.94. The summed E-state index contributed by atoms with van der Waals surface area (Å²) in [6.45, 7) is 1.30. The number of hydrogen-bond donors (Lipinski definition) is 0. The van der Waals surface area contributed by atoms with Gasteiger partial charge < -0.3 is 4.74 Å². The molecule has 0 atom stereocenters. The van der Waals surface area contributed by atoms with Crippen molar-refractivity contribution in [2.75, 3.05) is 26.0 Å². The SMILES string of the molecule is COc1cccc(CCS(=O)(=O)N2CCC(Cc3cccs3)CC2)c1. The van der Waals surface area contributed by atoms with Crippen LogP contribution in [-0.2, 0) is 22.9 Å². The molecule has 0 N–H and O–H groups in total. The Bertz CT molecular complexity index is 764. The van der Waals surface area contributed by atoms with E-state index in [9.17, 15) is 8.42 Å². The van der Waals surface area contributed by atoms with Gasteiger partial charge in [-0.25, -0.2) is 12.7 Å². The standard InChI is InChI=1S/C19H25NO3S2/c1-23-18-5-2-4-16(14-18)9-13-25(21,22)20-10-7-17(8-11-20)15-19-6-3-12-24-19/h2-6,12,14,17H,7-11,13,15H2,1H3. The van der Waals surface area contributed by atoms with Gasteiger partial charge in [-0.2, -0.15) is 0 Å². The minimum absolute atomic E-state index is 0.162. The number of rotatable bonds is 7. The summed E-state index contributed by atoms with van der Waals surface area (Å²) >= 11 is 1.79. The molecule has 1 aromatic carbocycles. The fourth-order valence-electron chi connectivity index (χ4n) is 3.31. The molecule has 1 aliphatic rings. The van der Waals surface area contributed by atoms with Gasteiger partial charge in [0.25, 0.3) is 0 Å². The van der Waals surface area contributed by atoms with Crippen LogP contribution in [0.1, 0.15) is 23.3 Å². The molecule has 0 bridgehead atoms. The molecule has 1 aromatic heterocycles. The molecule has 0 unspecified atom stereocenters. The zero-order valence-corrected chi connectivity index (χ0v) is 16.2. The van der Waals surface area contributed by atoms with Crippen molar-refractivity contribution in [3.8, 4) is 5.75 Å². The summed E-state index contributed by atoms with van der Waals surface area (Å²) in [6, 6.07) is 11.9. The van der Waals surface area contributed by atoms with E-state index in [-0.39, 0.29) is 5.75 Å². The van der Waals surface area contributed by atoms with Gasteiger partial charge in [-0.3, -0.25) is 0 Å². The molecule has 136 valence electrons. The molecule has 6 heteroatoms. The first-order valence-electron chi connectivity index (χ1n) is 8.70. The number of piperidine rings is 1. The van der Waals surface area contributed by atoms with Crippen molar-refractivity contribution >= 4 is 21.4 Å². The predicted octanol–water partition coefficient (Wildman–Crippen LogP) is 3.58. The van der Waals surface area contributed by atoms with Gasteiger partial charge in [-0.15, -0.1) is 11.3 Å². The average Bonchev–Trinajstić information content (AvgIpc) is 3.14. The van der Waals surface area contributed by atoms with Crippen LogP contribution in [0.15, 0.2) is 41.8 Å². The number of sulfonamides is 1. The molecular formula is C19H25NO3S2. The first-order chi connectivity index (χ1) is 12.1. The Morgan fingerprint density at radius 2 is 2.00 bits per heavy atom. The van der Waals surface area contributed by atoms with Crippen molar-refractivity contribution in [2.45, 2.75) is 25.7 Å². The first kappa shape index (κ1) is 18.4. The minimum atomic E-state index is -3.19. The van der Waals surface area contributed by atoms with Gasteiger partial charge in [0, 0.05) is 18.0 Å². The molecule has 1 aliphatic heterocycles. The van der Waals surface area contributed by atoms with Gasteiger partial charge in [0.1, 0.15) is 5.75 Å². The Labute approximate surface area is 154 Å². The molecule has 2 heterocycles. The summed E-state index contributed by atoms with van der Waals surface area (Å²) in [5.74, 6) is 1.53. The van der Waals surface area contributed by atoms with Crippen LogP contribution in [0.2, 0.25) is 0 Å². The average molecular weight is 380 g/mol. The highest BCUT2D eigenvalue weighted by molar-refractivity contribution is 7.89. The molecular weight excluding hydrogens is 354 g/mol. The topological polar surface area (TPSA) is 46.6 Å². The molecule has 0 amide bonds. The summed E-state index contributed by atoms with van der Waals surface area (Å²) in [4.78, 5) is 1.40. The Kier molecular flexibility index (Phi) is 6.15. The zero-order chi connectivity index (χ0) is 17.7. The second-order valence-corrected chi connectivity index (χ2v) is 9.66. The highest BCUT2D eigenvalue weighted by Crippen LogP contribution is 2.25. The number of ether oxygens (including phenoxy) is 1. The van der Waals surface area contributed by atoms with E-state index in [4.69, 9.17) is 4.74 Å². The van der Waals surface area contributed by atoms with E-state index in [1.54, 1.807) is 22.8 Å². The monoisotopic (exact) mass is 379 g/mol. The van der Waals surface area contributed by atoms with Gasteiger partial charge in [0.2, 0.25) is 10.0 Å². The lowest BCUT2D eigenvalue weighted by Crippen LogP contribution is -2.40. The third-order valence-corrected chi connectivity index (χ3v) is 7.59. The quantitative estimate of drug-likeness (QED) is 0.739. The van der Waals surface area contributed by atoms with Gasteiger partial charge in [0.05, 0.1) is 12.9 Å². The van der Waals surface area contributed by atoms with Gasteiger partial charge >= 0.3 is 0 Å². The van der Waals surface area contributed by atoms with E-state index >= 15 is 0 Å². The maximum atomic E-state index is 12.6. The Morgan fingerprint density at radius 1 is 1.20 bits per heavy atom. The lowest BCUT2D eigenvalue weighted by molar-refractivity contribution is 0.273. The Balaban J connectivity index is 1.51. The van der Waals surface area contributed by atoms with Gasteiger partial charge in [-0.1, -0.05) is 18.2 Å². The normalized spacial score (nSPS) is 16.8.